The lowest BCUT2D eigenvalue weighted by Gasteiger charge is -2.35. The molecule has 7 nitrogen and oxygen atoms in total. The molecule has 1 amide bonds. The van der Waals surface area contributed by atoms with Crippen LogP contribution in [0.4, 0.5) is 5.69 Å². The van der Waals surface area contributed by atoms with Crippen LogP contribution in [0.2, 0.25) is 0 Å². The summed E-state index contributed by atoms with van der Waals surface area (Å²) in [4.78, 5) is 32.3. The van der Waals surface area contributed by atoms with E-state index in [0.717, 1.165) is 36.3 Å². The summed E-state index contributed by atoms with van der Waals surface area (Å²) in [7, 11) is 1.82. The van der Waals surface area contributed by atoms with Gasteiger partial charge in [-0.3, -0.25) is 14.7 Å². The number of likely N-dealkylation sites (tertiary alicyclic amines) is 1. The van der Waals surface area contributed by atoms with E-state index in [2.05, 4.69) is 15.4 Å². The Balaban J connectivity index is 1.75. The Labute approximate surface area is 163 Å². The second-order valence-electron chi connectivity index (χ2n) is 7.34. The first-order chi connectivity index (χ1) is 13.5. The summed E-state index contributed by atoms with van der Waals surface area (Å²) in [5.74, 6) is 0.000901. The molecule has 4 rings (SSSR count). The van der Waals surface area contributed by atoms with Gasteiger partial charge < -0.3 is 10.2 Å². The van der Waals surface area contributed by atoms with E-state index in [4.69, 9.17) is 0 Å². The number of nitrogens with one attached hydrogen (secondary N) is 2. The van der Waals surface area contributed by atoms with Crippen molar-refractivity contribution >= 4 is 17.2 Å². The van der Waals surface area contributed by atoms with Crippen LogP contribution in [-0.2, 0) is 0 Å². The minimum atomic E-state index is -0.104. The number of hydrogen-bond acceptors (Lipinski definition) is 4. The number of amides is 1. The maximum Gasteiger partial charge on any atom is 0.275 e. The zero-order valence-electron chi connectivity index (χ0n) is 16.5. The summed E-state index contributed by atoms with van der Waals surface area (Å²) >= 11 is 0. The average molecular weight is 379 g/mol. The number of H-pyrrole nitrogens is 1. The van der Waals surface area contributed by atoms with E-state index < -0.39 is 0 Å². The van der Waals surface area contributed by atoms with Crippen LogP contribution >= 0.6 is 0 Å². The zero-order chi connectivity index (χ0) is 19.8. The third-order valence-electron chi connectivity index (χ3n) is 5.65. The fourth-order valence-corrected chi connectivity index (χ4v) is 3.95. The van der Waals surface area contributed by atoms with Crippen molar-refractivity contribution in [3.63, 3.8) is 0 Å². The van der Waals surface area contributed by atoms with Crippen molar-refractivity contribution < 1.29 is 4.79 Å². The fraction of sp³-hybridized carbons (Fsp3) is 0.381. The lowest BCUT2D eigenvalue weighted by atomic mass is 9.98. The zero-order valence-corrected chi connectivity index (χ0v) is 16.5. The first-order valence-electron chi connectivity index (χ1n) is 9.68. The molecule has 0 saturated carbocycles. The molecule has 3 aromatic rings. The number of carbonyl (C=O) groups is 1. The SMILES string of the molecule is CNc1ccccc1C(=O)N1CCCC[C@H]1c1cc2nc(C)c(C)c(=O)n2[nH]1. The van der Waals surface area contributed by atoms with Crippen molar-refractivity contribution in [3.8, 4) is 0 Å². The van der Waals surface area contributed by atoms with E-state index in [0.29, 0.717) is 23.3 Å². The molecule has 0 radical (unpaired) electrons. The van der Waals surface area contributed by atoms with Crippen LogP contribution < -0.4 is 10.9 Å². The van der Waals surface area contributed by atoms with E-state index in [1.54, 1.807) is 6.92 Å². The molecule has 146 valence electrons. The number of nitrogens with zero attached hydrogens (tertiary/aromatic N) is 3. The van der Waals surface area contributed by atoms with Crippen molar-refractivity contribution in [1.82, 2.24) is 19.5 Å². The third kappa shape index (κ3) is 2.96. The van der Waals surface area contributed by atoms with Crippen molar-refractivity contribution in [2.75, 3.05) is 18.9 Å². The lowest BCUT2D eigenvalue weighted by molar-refractivity contribution is 0.0606. The van der Waals surface area contributed by atoms with E-state index >= 15 is 0 Å². The maximum absolute atomic E-state index is 13.3. The number of aryl methyl sites for hydroxylation is 1. The van der Waals surface area contributed by atoms with Crippen LogP contribution in [0, 0.1) is 13.8 Å². The largest absolute Gasteiger partial charge is 0.387 e. The molecule has 0 aliphatic carbocycles. The normalized spacial score (nSPS) is 17.1. The predicted octanol–water partition coefficient (Wildman–Crippen LogP) is 3.05. The molecular weight excluding hydrogens is 354 g/mol. The Bertz CT molecular complexity index is 1100. The number of fused-ring (bicyclic) bond motifs is 1. The van der Waals surface area contributed by atoms with Crippen LogP contribution in [0.25, 0.3) is 5.65 Å². The topological polar surface area (TPSA) is 82.5 Å². The second-order valence-corrected chi connectivity index (χ2v) is 7.34. The van der Waals surface area contributed by atoms with E-state index in [1.165, 1.54) is 4.52 Å². The molecule has 28 heavy (non-hydrogen) atoms. The van der Waals surface area contributed by atoms with Gasteiger partial charge in [0.1, 0.15) is 0 Å². The molecule has 1 aliphatic rings. The quantitative estimate of drug-likeness (QED) is 0.733. The van der Waals surface area contributed by atoms with Crippen LogP contribution in [0.15, 0.2) is 35.1 Å². The average Bonchev–Trinajstić information content (AvgIpc) is 3.15. The van der Waals surface area contributed by atoms with Crippen LogP contribution in [-0.4, -0.2) is 39.0 Å². The van der Waals surface area contributed by atoms with E-state index in [1.807, 2.05) is 49.2 Å². The Hall–Kier alpha value is -3.09. The van der Waals surface area contributed by atoms with Gasteiger partial charge in [-0.2, -0.15) is 0 Å². The van der Waals surface area contributed by atoms with Gasteiger partial charge in [0.25, 0.3) is 11.5 Å². The third-order valence-corrected chi connectivity index (χ3v) is 5.65. The van der Waals surface area contributed by atoms with Gasteiger partial charge >= 0.3 is 0 Å². The smallest absolute Gasteiger partial charge is 0.275 e. The lowest BCUT2D eigenvalue weighted by Crippen LogP contribution is -2.39. The van der Waals surface area contributed by atoms with Gasteiger partial charge in [-0.1, -0.05) is 12.1 Å². The summed E-state index contributed by atoms with van der Waals surface area (Å²) in [5.41, 5.74) is 4.19. The molecular formula is C21H25N5O2. The summed E-state index contributed by atoms with van der Waals surface area (Å²) in [6.45, 7) is 4.31. The molecule has 1 aromatic carbocycles. The molecule has 0 bridgehead atoms. The number of carbonyl (C=O) groups excluding carboxylic acids is 1. The summed E-state index contributed by atoms with van der Waals surface area (Å²) in [5, 5.41) is 6.30. The first-order valence-corrected chi connectivity index (χ1v) is 9.68. The van der Waals surface area contributed by atoms with Gasteiger partial charge in [-0.05, 0) is 45.2 Å². The molecule has 1 saturated heterocycles. The molecule has 3 heterocycles. The highest BCUT2D eigenvalue weighted by molar-refractivity contribution is 5.99. The molecule has 1 atom stereocenters. The summed E-state index contributed by atoms with van der Waals surface area (Å²) in [6.07, 6.45) is 2.87. The highest BCUT2D eigenvalue weighted by atomic mass is 16.2. The molecule has 1 fully saturated rings. The number of para-hydroxylation sites is 1. The van der Waals surface area contributed by atoms with Crippen molar-refractivity contribution in [2.45, 2.75) is 39.2 Å². The Kier molecular flexibility index (Phi) is 4.66. The fourth-order valence-electron chi connectivity index (χ4n) is 3.95. The van der Waals surface area contributed by atoms with Gasteiger partial charge in [0, 0.05) is 36.6 Å². The van der Waals surface area contributed by atoms with Crippen LogP contribution in [0.1, 0.15) is 52.6 Å². The number of aromatic amines is 1. The van der Waals surface area contributed by atoms with Gasteiger partial charge in [0.15, 0.2) is 5.65 Å². The highest BCUT2D eigenvalue weighted by Crippen LogP contribution is 2.32. The van der Waals surface area contributed by atoms with Crippen molar-refractivity contribution in [3.05, 3.63) is 63.2 Å². The van der Waals surface area contributed by atoms with Crippen molar-refractivity contribution in [1.29, 1.82) is 0 Å². The van der Waals surface area contributed by atoms with Gasteiger partial charge in [0.05, 0.1) is 17.3 Å². The first kappa shape index (κ1) is 18.3. The molecule has 0 unspecified atom stereocenters. The van der Waals surface area contributed by atoms with Crippen LogP contribution in [0.5, 0.6) is 0 Å². The Morgan fingerprint density at radius 1 is 1.25 bits per heavy atom. The highest BCUT2D eigenvalue weighted by Gasteiger charge is 2.31. The molecule has 7 heteroatoms. The standard InChI is InChI=1S/C21H25N5O2/c1-13-14(2)23-19-12-17(24-26(19)20(13)27)18-10-6-7-11-25(18)21(28)15-8-4-5-9-16(15)22-3/h4-5,8-9,12,18,22,24H,6-7,10-11H2,1-3H3/t18-/m0/s1. The number of piperidine rings is 1. The minimum absolute atomic E-state index is 0.000901. The number of anilines is 1. The monoisotopic (exact) mass is 379 g/mol. The predicted molar refractivity (Wildman–Crippen MR) is 109 cm³/mol. The molecule has 1 aliphatic heterocycles. The molecule has 2 aromatic heterocycles. The number of aromatic nitrogens is 3. The number of benzene rings is 1. The summed E-state index contributed by atoms with van der Waals surface area (Å²) in [6, 6.07) is 9.34. The summed E-state index contributed by atoms with van der Waals surface area (Å²) < 4.78 is 1.48. The molecule has 2 N–H and O–H groups in total. The van der Waals surface area contributed by atoms with E-state index in [9.17, 15) is 9.59 Å². The Morgan fingerprint density at radius 3 is 2.82 bits per heavy atom. The van der Waals surface area contributed by atoms with Crippen LogP contribution in [0.3, 0.4) is 0 Å². The number of rotatable bonds is 3. The van der Waals surface area contributed by atoms with E-state index in [-0.39, 0.29) is 17.5 Å². The minimum Gasteiger partial charge on any atom is -0.387 e. The van der Waals surface area contributed by atoms with Gasteiger partial charge in [-0.15, -0.1) is 0 Å². The second kappa shape index (κ2) is 7.14. The maximum atomic E-state index is 13.3. The number of hydrogen-bond donors (Lipinski definition) is 2. The molecule has 0 spiro atoms. The van der Waals surface area contributed by atoms with Crippen molar-refractivity contribution in [2.24, 2.45) is 0 Å². The van der Waals surface area contributed by atoms with Gasteiger partial charge in [-0.25, -0.2) is 9.50 Å². The van der Waals surface area contributed by atoms with Gasteiger partial charge in [0.2, 0.25) is 0 Å². The Morgan fingerprint density at radius 2 is 2.04 bits per heavy atom.